The highest BCUT2D eigenvalue weighted by molar-refractivity contribution is 5.47. The lowest BCUT2D eigenvalue weighted by Gasteiger charge is -2.00. The minimum Gasteiger partial charge on any atom is -0.151 e. The molecule has 4 rings (SSSR count). The zero-order chi connectivity index (χ0) is 21.6. The van der Waals surface area contributed by atoms with Gasteiger partial charge in [-0.15, -0.1) is 6.58 Å². The van der Waals surface area contributed by atoms with Gasteiger partial charge in [0.2, 0.25) is 0 Å². The van der Waals surface area contributed by atoms with Gasteiger partial charge in [-0.2, -0.15) is 20.5 Å². The number of benzene rings is 4. The molecule has 0 atom stereocenters. The zero-order valence-electron chi connectivity index (χ0n) is 17.3. The van der Waals surface area contributed by atoms with Crippen LogP contribution in [0.15, 0.2) is 148 Å². The Kier molecular flexibility index (Phi) is 8.61. The lowest BCUT2D eigenvalue weighted by molar-refractivity contribution is 1.17. The SMILES string of the molecule is C=CCc1ccccc1N=Nc1ccccc1.c1ccc(N=Nc2ccccc2)cc1. The molecule has 0 amide bonds. The second-order valence-electron chi connectivity index (χ2n) is 6.53. The highest BCUT2D eigenvalue weighted by atomic mass is 15.1. The second kappa shape index (κ2) is 12.4. The maximum atomic E-state index is 4.27. The summed E-state index contributed by atoms with van der Waals surface area (Å²) in [7, 11) is 0. The molecule has 0 N–H and O–H groups in total. The van der Waals surface area contributed by atoms with Crippen LogP contribution in [-0.4, -0.2) is 0 Å². The molecule has 0 aliphatic heterocycles. The van der Waals surface area contributed by atoms with E-state index in [1.807, 2.05) is 121 Å². The van der Waals surface area contributed by atoms with E-state index in [0.717, 1.165) is 34.7 Å². The van der Waals surface area contributed by atoms with Crippen LogP contribution in [0, 0.1) is 0 Å². The van der Waals surface area contributed by atoms with Crippen LogP contribution in [0.3, 0.4) is 0 Å². The molecule has 0 radical (unpaired) electrons. The first-order valence-corrected chi connectivity index (χ1v) is 10.0. The quantitative estimate of drug-likeness (QED) is 0.227. The lowest BCUT2D eigenvalue weighted by Crippen LogP contribution is -1.80. The van der Waals surface area contributed by atoms with Gasteiger partial charge in [-0.1, -0.05) is 78.9 Å². The summed E-state index contributed by atoms with van der Waals surface area (Å²) in [5, 5.41) is 16.7. The molecule has 152 valence electrons. The van der Waals surface area contributed by atoms with E-state index in [1.54, 1.807) is 0 Å². The summed E-state index contributed by atoms with van der Waals surface area (Å²) >= 11 is 0. The van der Waals surface area contributed by atoms with E-state index < -0.39 is 0 Å². The first-order valence-electron chi connectivity index (χ1n) is 10.0. The molecule has 0 aliphatic carbocycles. The molecule has 4 nitrogen and oxygen atoms in total. The Morgan fingerprint density at radius 3 is 1.32 bits per heavy atom. The molecular weight excluding hydrogens is 380 g/mol. The van der Waals surface area contributed by atoms with E-state index in [1.165, 1.54) is 0 Å². The number of rotatable bonds is 6. The standard InChI is InChI=1S/C15H14N2.C12H10N2/c1-2-8-13-9-6-7-12-15(13)17-16-14-10-4-3-5-11-14;1-3-7-11(8-4-1)13-14-12-9-5-2-6-10-12/h2-7,9-12H,1,8H2;1-10H. The van der Waals surface area contributed by atoms with Crippen LogP contribution in [0.25, 0.3) is 0 Å². The van der Waals surface area contributed by atoms with Gasteiger partial charge in [-0.25, -0.2) is 0 Å². The third kappa shape index (κ3) is 7.63. The number of hydrogen-bond donors (Lipinski definition) is 0. The van der Waals surface area contributed by atoms with E-state index in [0.29, 0.717) is 0 Å². The highest BCUT2D eigenvalue weighted by Gasteiger charge is 1.97. The molecule has 0 bridgehead atoms. The molecule has 0 saturated carbocycles. The predicted octanol–water partition coefficient (Wildman–Crippen LogP) is 8.93. The van der Waals surface area contributed by atoms with E-state index in [4.69, 9.17) is 0 Å². The average molecular weight is 405 g/mol. The molecule has 0 aromatic heterocycles. The number of hydrogen-bond acceptors (Lipinski definition) is 4. The fraction of sp³-hybridized carbons (Fsp3) is 0.0370. The van der Waals surface area contributed by atoms with Gasteiger partial charge in [-0.3, -0.25) is 0 Å². The third-order valence-electron chi connectivity index (χ3n) is 4.18. The Bertz CT molecular complexity index is 1060. The minimum atomic E-state index is 0.810. The van der Waals surface area contributed by atoms with E-state index in [9.17, 15) is 0 Å². The van der Waals surface area contributed by atoms with E-state index in [2.05, 4.69) is 27.0 Å². The van der Waals surface area contributed by atoms with Crippen molar-refractivity contribution in [2.45, 2.75) is 6.42 Å². The molecule has 0 spiro atoms. The van der Waals surface area contributed by atoms with Crippen LogP contribution in [-0.2, 0) is 6.42 Å². The Hall–Kier alpha value is -4.18. The third-order valence-corrected chi connectivity index (χ3v) is 4.18. The summed E-state index contributed by atoms with van der Waals surface area (Å²) in [6.07, 6.45) is 2.68. The van der Waals surface area contributed by atoms with Gasteiger partial charge in [-0.05, 0) is 54.4 Å². The second-order valence-corrected chi connectivity index (χ2v) is 6.53. The van der Waals surface area contributed by atoms with E-state index >= 15 is 0 Å². The summed E-state index contributed by atoms with van der Waals surface area (Å²) in [6, 6.07) is 37.1. The molecule has 0 fully saturated rings. The molecule has 0 unspecified atom stereocenters. The summed E-state index contributed by atoms with van der Waals surface area (Å²) in [4.78, 5) is 0. The van der Waals surface area contributed by atoms with Crippen molar-refractivity contribution in [3.8, 4) is 0 Å². The Balaban J connectivity index is 0.000000179. The maximum Gasteiger partial charge on any atom is 0.0892 e. The number of allylic oxidation sites excluding steroid dienone is 1. The van der Waals surface area contributed by atoms with Crippen molar-refractivity contribution >= 4 is 22.7 Å². The average Bonchev–Trinajstić information content (AvgIpc) is 2.85. The van der Waals surface area contributed by atoms with Gasteiger partial charge in [0, 0.05) is 0 Å². The Morgan fingerprint density at radius 1 is 0.484 bits per heavy atom. The monoisotopic (exact) mass is 404 g/mol. The Morgan fingerprint density at radius 2 is 0.871 bits per heavy atom. The topological polar surface area (TPSA) is 49.4 Å². The molecule has 0 aliphatic rings. The van der Waals surface area contributed by atoms with E-state index in [-0.39, 0.29) is 0 Å². The normalized spacial score (nSPS) is 10.6. The van der Waals surface area contributed by atoms with Crippen molar-refractivity contribution in [2.24, 2.45) is 20.5 Å². The summed E-state index contributed by atoms with van der Waals surface area (Å²) in [6.45, 7) is 3.74. The smallest absolute Gasteiger partial charge is 0.0892 e. The maximum absolute atomic E-state index is 4.27. The van der Waals surface area contributed by atoms with Crippen molar-refractivity contribution in [2.75, 3.05) is 0 Å². The number of azo groups is 2. The molecule has 0 heterocycles. The van der Waals surface area contributed by atoms with Gasteiger partial charge in [0.25, 0.3) is 0 Å². The summed E-state index contributed by atoms with van der Waals surface area (Å²) in [5.41, 5.74) is 4.65. The van der Waals surface area contributed by atoms with Gasteiger partial charge in [0.05, 0.1) is 22.7 Å². The lowest BCUT2D eigenvalue weighted by atomic mass is 10.1. The first-order chi connectivity index (χ1) is 15.3. The predicted molar refractivity (Wildman–Crippen MR) is 128 cm³/mol. The van der Waals surface area contributed by atoms with Gasteiger partial charge in [0.1, 0.15) is 0 Å². The summed E-state index contributed by atoms with van der Waals surface area (Å²) in [5.74, 6) is 0. The van der Waals surface area contributed by atoms with Gasteiger partial charge >= 0.3 is 0 Å². The molecule has 4 aromatic carbocycles. The first kappa shape index (κ1) is 21.5. The highest BCUT2D eigenvalue weighted by Crippen LogP contribution is 2.22. The zero-order valence-corrected chi connectivity index (χ0v) is 17.3. The summed E-state index contributed by atoms with van der Waals surface area (Å²) < 4.78 is 0. The van der Waals surface area contributed by atoms with Crippen LogP contribution in [0.1, 0.15) is 5.56 Å². The van der Waals surface area contributed by atoms with Crippen LogP contribution < -0.4 is 0 Å². The minimum absolute atomic E-state index is 0.810. The molecule has 4 heteroatoms. The number of nitrogens with zero attached hydrogens (tertiary/aromatic N) is 4. The van der Waals surface area contributed by atoms with Gasteiger partial charge in [0.15, 0.2) is 0 Å². The fourth-order valence-corrected chi connectivity index (χ4v) is 2.65. The van der Waals surface area contributed by atoms with Crippen LogP contribution in [0.2, 0.25) is 0 Å². The van der Waals surface area contributed by atoms with Crippen molar-refractivity contribution < 1.29 is 0 Å². The molecular formula is C27H24N4. The molecule has 0 saturated heterocycles. The van der Waals surface area contributed by atoms with Crippen molar-refractivity contribution in [1.82, 2.24) is 0 Å². The van der Waals surface area contributed by atoms with Crippen molar-refractivity contribution in [3.05, 3.63) is 133 Å². The van der Waals surface area contributed by atoms with Gasteiger partial charge < -0.3 is 0 Å². The fourth-order valence-electron chi connectivity index (χ4n) is 2.65. The largest absolute Gasteiger partial charge is 0.151 e. The van der Waals surface area contributed by atoms with Crippen LogP contribution in [0.4, 0.5) is 22.7 Å². The van der Waals surface area contributed by atoms with Crippen LogP contribution >= 0.6 is 0 Å². The molecule has 4 aromatic rings. The Labute approximate surface area is 183 Å². The van der Waals surface area contributed by atoms with Crippen molar-refractivity contribution in [1.29, 1.82) is 0 Å². The van der Waals surface area contributed by atoms with Crippen LogP contribution in [0.5, 0.6) is 0 Å². The molecule has 31 heavy (non-hydrogen) atoms. The van der Waals surface area contributed by atoms with Crippen molar-refractivity contribution in [3.63, 3.8) is 0 Å².